The molecule has 4 bridgehead atoms. The van der Waals surface area contributed by atoms with Crippen molar-refractivity contribution in [1.29, 1.82) is 0 Å². The van der Waals surface area contributed by atoms with Crippen LogP contribution < -0.4 is 0 Å². The van der Waals surface area contributed by atoms with Crippen LogP contribution in [0.1, 0.15) is 32.1 Å². The third kappa shape index (κ3) is 2.31. The average molecular weight is 341 g/mol. The number of hydrogen-bond donors (Lipinski definition) is 0. The van der Waals surface area contributed by atoms with Gasteiger partial charge in [-0.1, -0.05) is 39.3 Å². The van der Waals surface area contributed by atoms with Crippen molar-refractivity contribution >= 4 is 22.5 Å². The molecule has 0 spiro atoms. The summed E-state index contributed by atoms with van der Waals surface area (Å²) in [6, 6.07) is 0. The van der Waals surface area contributed by atoms with E-state index in [2.05, 4.69) is 46.4 Å². The summed E-state index contributed by atoms with van der Waals surface area (Å²) >= 11 is 0. The second-order valence-electron chi connectivity index (χ2n) is 10.4. The zero-order chi connectivity index (χ0) is 15.6. The molecule has 0 aromatic heterocycles. The summed E-state index contributed by atoms with van der Waals surface area (Å²) in [6.07, 6.45) is 7.81. The van der Waals surface area contributed by atoms with Crippen LogP contribution in [0.5, 0.6) is 0 Å². The van der Waals surface area contributed by atoms with E-state index in [0.717, 1.165) is 29.2 Å². The SMILES string of the molecule is CO[Si](C1C2CC3CC(C2)CC1C3)([Si](C)(C)C)[Si](C)(C)C. The van der Waals surface area contributed by atoms with Crippen LogP contribution in [0.4, 0.5) is 0 Å². The Hall–Kier alpha value is 0.611. The molecule has 21 heavy (non-hydrogen) atoms. The summed E-state index contributed by atoms with van der Waals surface area (Å²) in [4.78, 5) is 0. The molecule has 0 aromatic rings. The smallest absolute Gasteiger partial charge is 0.171 e. The Balaban J connectivity index is 2.05. The quantitative estimate of drug-likeness (QED) is 0.636. The van der Waals surface area contributed by atoms with E-state index in [4.69, 9.17) is 4.43 Å². The summed E-state index contributed by atoms with van der Waals surface area (Å²) in [7, 11) is -1.99. The highest BCUT2D eigenvalue weighted by molar-refractivity contribution is 7.67. The van der Waals surface area contributed by atoms with Crippen molar-refractivity contribution in [2.45, 2.75) is 76.9 Å². The fraction of sp³-hybridized carbons (Fsp3) is 1.00. The van der Waals surface area contributed by atoms with Gasteiger partial charge in [-0.3, -0.25) is 0 Å². The lowest BCUT2D eigenvalue weighted by Crippen LogP contribution is -2.78. The first-order valence-electron chi connectivity index (χ1n) is 9.15. The predicted octanol–water partition coefficient (Wildman–Crippen LogP) is 5.24. The maximum atomic E-state index is 6.76. The normalized spacial score (nSPS) is 39.9. The van der Waals surface area contributed by atoms with Gasteiger partial charge in [-0.05, 0) is 61.3 Å². The first kappa shape index (κ1) is 16.5. The summed E-state index contributed by atoms with van der Waals surface area (Å²) < 4.78 is 6.76. The van der Waals surface area contributed by atoms with Crippen molar-refractivity contribution in [3.05, 3.63) is 0 Å². The minimum atomic E-state index is -1.60. The topological polar surface area (TPSA) is 9.23 Å². The minimum absolute atomic E-state index is 1.02. The van der Waals surface area contributed by atoms with Crippen LogP contribution in [0.2, 0.25) is 44.8 Å². The average Bonchev–Trinajstić information content (AvgIpc) is 2.29. The van der Waals surface area contributed by atoms with Crippen molar-refractivity contribution < 1.29 is 4.43 Å². The molecule has 1 nitrogen and oxygen atoms in total. The molecule has 122 valence electrons. The first-order chi connectivity index (χ1) is 9.60. The first-order valence-corrected chi connectivity index (χ1v) is 20.1. The molecule has 0 aromatic carbocycles. The molecule has 4 aliphatic rings. The summed E-state index contributed by atoms with van der Waals surface area (Å²) in [6.45, 7) is 15.9. The van der Waals surface area contributed by atoms with Gasteiger partial charge in [0.05, 0.1) is 15.2 Å². The van der Waals surface area contributed by atoms with Gasteiger partial charge in [0.25, 0.3) is 0 Å². The van der Waals surface area contributed by atoms with E-state index in [-0.39, 0.29) is 0 Å². The van der Waals surface area contributed by atoms with E-state index in [1.165, 1.54) is 0 Å². The predicted molar refractivity (Wildman–Crippen MR) is 100 cm³/mol. The van der Waals surface area contributed by atoms with Crippen LogP contribution in [0.15, 0.2) is 0 Å². The highest BCUT2D eigenvalue weighted by atomic mass is 29.7. The second-order valence-corrected chi connectivity index (χ2v) is 36.9. The Morgan fingerprint density at radius 1 is 0.667 bits per heavy atom. The molecule has 4 rings (SSSR count). The van der Waals surface area contributed by atoms with E-state index in [1.807, 2.05) is 0 Å². The number of hydrogen-bond acceptors (Lipinski definition) is 1. The lowest BCUT2D eigenvalue weighted by molar-refractivity contribution is 0.0142. The highest BCUT2D eigenvalue weighted by Crippen LogP contribution is 2.63. The lowest BCUT2D eigenvalue weighted by Gasteiger charge is -2.64. The fourth-order valence-electron chi connectivity index (χ4n) is 7.46. The Morgan fingerprint density at radius 2 is 1.05 bits per heavy atom. The zero-order valence-electron chi connectivity index (χ0n) is 15.3. The minimum Gasteiger partial charge on any atom is -0.426 e. The van der Waals surface area contributed by atoms with Gasteiger partial charge in [0.15, 0.2) is 7.35 Å². The van der Waals surface area contributed by atoms with Gasteiger partial charge in [-0.15, -0.1) is 0 Å². The third-order valence-corrected chi connectivity index (χ3v) is 44.3. The van der Waals surface area contributed by atoms with Crippen molar-refractivity contribution in [2.75, 3.05) is 7.11 Å². The van der Waals surface area contributed by atoms with E-state index in [1.54, 1.807) is 32.1 Å². The van der Waals surface area contributed by atoms with Crippen LogP contribution in [0.25, 0.3) is 0 Å². The number of rotatable bonds is 4. The molecule has 0 radical (unpaired) electrons. The molecule has 0 unspecified atom stereocenters. The Morgan fingerprint density at radius 3 is 1.33 bits per heavy atom. The van der Waals surface area contributed by atoms with Crippen LogP contribution in [-0.4, -0.2) is 29.6 Å². The van der Waals surface area contributed by atoms with E-state index in [0.29, 0.717) is 0 Å². The van der Waals surface area contributed by atoms with Crippen LogP contribution in [0.3, 0.4) is 0 Å². The Kier molecular flexibility index (Phi) is 3.96. The Labute approximate surface area is 135 Å². The molecule has 4 saturated carbocycles. The molecule has 0 atom stereocenters. The standard InChI is InChI=1S/C17H36OSi3/c1-18-21(19(2,3)4,20(5,6)7)17-15-9-13-8-14(11-15)12-16(17)10-13/h13-17H,8-12H2,1-7H3. The second kappa shape index (κ2) is 5.05. The highest BCUT2D eigenvalue weighted by Gasteiger charge is 2.66. The summed E-state index contributed by atoms with van der Waals surface area (Å²) in [5.74, 6) is 4.28. The molecule has 0 aliphatic heterocycles. The molecular weight excluding hydrogens is 304 g/mol. The van der Waals surface area contributed by atoms with Crippen molar-refractivity contribution in [1.82, 2.24) is 0 Å². The molecular formula is C17H36OSi3. The lowest BCUT2D eigenvalue weighted by atomic mass is 9.56. The maximum Gasteiger partial charge on any atom is 0.171 e. The monoisotopic (exact) mass is 340 g/mol. The van der Waals surface area contributed by atoms with E-state index < -0.39 is 22.5 Å². The largest absolute Gasteiger partial charge is 0.426 e. The van der Waals surface area contributed by atoms with Crippen molar-refractivity contribution in [3.8, 4) is 0 Å². The zero-order valence-corrected chi connectivity index (χ0v) is 18.3. The van der Waals surface area contributed by atoms with Gasteiger partial charge in [-0.2, -0.15) is 0 Å². The summed E-state index contributed by atoms with van der Waals surface area (Å²) in [5.41, 5.74) is 1.02. The molecule has 4 fully saturated rings. The van der Waals surface area contributed by atoms with Crippen LogP contribution in [0, 0.1) is 23.7 Å². The van der Waals surface area contributed by atoms with Gasteiger partial charge in [0, 0.05) is 7.11 Å². The van der Waals surface area contributed by atoms with E-state index >= 15 is 0 Å². The summed E-state index contributed by atoms with van der Waals surface area (Å²) in [5, 5.41) is 0. The van der Waals surface area contributed by atoms with Gasteiger partial charge in [0.2, 0.25) is 0 Å². The Bertz CT molecular complexity index is 365. The molecule has 0 heterocycles. The molecule has 4 aliphatic carbocycles. The molecule has 0 saturated heterocycles. The fourth-order valence-corrected chi connectivity index (χ4v) is 54.6. The van der Waals surface area contributed by atoms with Gasteiger partial charge in [0.1, 0.15) is 0 Å². The van der Waals surface area contributed by atoms with Crippen LogP contribution >= 0.6 is 0 Å². The van der Waals surface area contributed by atoms with Gasteiger partial charge < -0.3 is 4.43 Å². The van der Waals surface area contributed by atoms with Crippen molar-refractivity contribution in [2.24, 2.45) is 23.7 Å². The van der Waals surface area contributed by atoms with Gasteiger partial charge in [-0.25, -0.2) is 0 Å². The van der Waals surface area contributed by atoms with E-state index in [9.17, 15) is 0 Å². The maximum absolute atomic E-state index is 6.76. The molecule has 0 N–H and O–H groups in total. The molecule has 0 amide bonds. The van der Waals surface area contributed by atoms with Gasteiger partial charge >= 0.3 is 0 Å². The third-order valence-electron chi connectivity index (χ3n) is 7.25. The van der Waals surface area contributed by atoms with Crippen molar-refractivity contribution in [3.63, 3.8) is 0 Å². The molecule has 4 heteroatoms. The van der Waals surface area contributed by atoms with Crippen LogP contribution in [-0.2, 0) is 4.43 Å².